The zero-order valence-corrected chi connectivity index (χ0v) is 21.6. The van der Waals surface area contributed by atoms with Gasteiger partial charge in [-0.2, -0.15) is 0 Å². The maximum absolute atomic E-state index is 12.7. The first-order chi connectivity index (χ1) is 18.0. The highest BCUT2D eigenvalue weighted by Crippen LogP contribution is 2.31. The van der Waals surface area contributed by atoms with E-state index < -0.39 is 42.0 Å². The van der Waals surface area contributed by atoms with Gasteiger partial charge in [0.15, 0.2) is 0 Å². The molecular weight excluding hydrogens is 496 g/mol. The number of carboxylic acid groups (broad SMARTS) is 1. The summed E-state index contributed by atoms with van der Waals surface area (Å²) in [6.07, 6.45) is 1.18. The van der Waals surface area contributed by atoms with Gasteiger partial charge in [0.1, 0.15) is 29.5 Å². The van der Waals surface area contributed by atoms with Crippen molar-refractivity contribution in [3.63, 3.8) is 0 Å². The minimum Gasteiger partial charge on any atom is -0.480 e. The lowest BCUT2D eigenvalue weighted by atomic mass is 10.00. The van der Waals surface area contributed by atoms with Crippen LogP contribution in [-0.2, 0) is 20.8 Å². The smallest absolute Gasteiger partial charge is 0.339 e. The van der Waals surface area contributed by atoms with Crippen molar-refractivity contribution < 1.29 is 33.1 Å². The Kier molecular flexibility index (Phi) is 9.11. The van der Waals surface area contributed by atoms with E-state index in [-0.39, 0.29) is 19.3 Å². The minimum atomic E-state index is -1.22. The van der Waals surface area contributed by atoms with Crippen molar-refractivity contribution >= 4 is 45.8 Å². The summed E-state index contributed by atoms with van der Waals surface area (Å²) in [5.41, 5.74) is 7.53. The first-order valence-electron chi connectivity index (χ1n) is 12.3. The van der Waals surface area contributed by atoms with Crippen molar-refractivity contribution in [3.8, 4) is 0 Å². The zero-order valence-electron chi connectivity index (χ0n) is 21.6. The second-order valence-electron chi connectivity index (χ2n) is 9.14. The second kappa shape index (κ2) is 12.3. The summed E-state index contributed by atoms with van der Waals surface area (Å²) in [5.74, 6) is -1.56. The van der Waals surface area contributed by atoms with Gasteiger partial charge in [0.2, 0.25) is 11.8 Å². The number of benzene rings is 1. The lowest BCUT2D eigenvalue weighted by molar-refractivity contribution is -0.138. The molecule has 3 aromatic rings. The molecule has 6 N–H and O–H groups in total. The predicted octanol–water partition coefficient (Wildman–Crippen LogP) is 1.92. The molecule has 0 radical (unpaired) electrons. The molecule has 1 atom stereocenters. The van der Waals surface area contributed by atoms with Crippen molar-refractivity contribution in [1.82, 2.24) is 16.0 Å². The fourth-order valence-electron chi connectivity index (χ4n) is 4.26. The first kappa shape index (κ1) is 28.2. The lowest BCUT2D eigenvalue weighted by Crippen LogP contribution is -2.48. The molecule has 0 aliphatic heterocycles. The van der Waals surface area contributed by atoms with Gasteiger partial charge in [0.25, 0.3) is 0 Å². The van der Waals surface area contributed by atoms with Crippen LogP contribution in [0, 0.1) is 20.8 Å². The highest BCUT2D eigenvalue weighted by Gasteiger charge is 2.22. The van der Waals surface area contributed by atoms with Crippen LogP contribution in [0.15, 0.2) is 25.8 Å². The van der Waals surface area contributed by atoms with Crippen LogP contribution in [0.2, 0.25) is 0 Å². The first-order valence-corrected chi connectivity index (χ1v) is 12.3. The van der Waals surface area contributed by atoms with Crippen molar-refractivity contribution in [2.75, 3.05) is 13.1 Å². The fraction of sp³-hybridized carbons (Fsp3) is 0.423. The molecule has 2 heterocycles. The summed E-state index contributed by atoms with van der Waals surface area (Å²) in [5, 5.41) is 17.8. The molecule has 0 spiro atoms. The van der Waals surface area contributed by atoms with Gasteiger partial charge in [-0.15, -0.1) is 0 Å². The standard InChI is InChI=1S/C26H32N4O8/c1-13-15(3)37-20-11-21-18(10-17(13)20)14(2)16(25(35)38-21)7-8-22(31)30-19(24(34)29-12-23(32)33)6-4-5-9-28-26(27)36/h10-11,19H,4-9,12H2,1-3H3,(H,29,34)(H,30,31)(H,32,33)(H3,27,28,36)/t19-/m1/s1. The van der Waals surface area contributed by atoms with Crippen molar-refractivity contribution in [1.29, 1.82) is 0 Å². The van der Waals surface area contributed by atoms with Gasteiger partial charge in [-0.25, -0.2) is 9.59 Å². The van der Waals surface area contributed by atoms with Gasteiger partial charge in [0.05, 0.1) is 0 Å². The monoisotopic (exact) mass is 528 g/mol. The van der Waals surface area contributed by atoms with Gasteiger partial charge in [-0.3, -0.25) is 14.4 Å². The molecule has 0 saturated heterocycles. The number of aliphatic carboxylic acids is 1. The van der Waals surface area contributed by atoms with E-state index in [0.29, 0.717) is 41.7 Å². The molecule has 0 aliphatic rings. The van der Waals surface area contributed by atoms with E-state index in [9.17, 15) is 24.0 Å². The maximum atomic E-state index is 12.7. The van der Waals surface area contributed by atoms with Gasteiger partial charge >= 0.3 is 17.6 Å². The van der Waals surface area contributed by atoms with Crippen LogP contribution >= 0.6 is 0 Å². The van der Waals surface area contributed by atoms with E-state index in [4.69, 9.17) is 19.7 Å². The summed E-state index contributed by atoms with van der Waals surface area (Å²) in [6, 6.07) is 1.95. The topological polar surface area (TPSA) is 194 Å². The number of hydrogen-bond acceptors (Lipinski definition) is 7. The molecule has 38 heavy (non-hydrogen) atoms. The van der Waals surface area contributed by atoms with Crippen LogP contribution < -0.4 is 27.3 Å². The molecule has 0 unspecified atom stereocenters. The maximum Gasteiger partial charge on any atom is 0.339 e. The molecule has 4 amide bonds. The normalized spacial score (nSPS) is 11.9. The number of nitrogens with one attached hydrogen (secondary N) is 3. The Balaban J connectivity index is 1.71. The van der Waals surface area contributed by atoms with Crippen LogP contribution in [0.25, 0.3) is 21.9 Å². The third-order valence-corrected chi connectivity index (χ3v) is 6.47. The highest BCUT2D eigenvalue weighted by atomic mass is 16.4. The SMILES string of the molecule is Cc1oc2cc3oc(=O)c(CCC(=O)N[C@H](CCCCNC(N)=O)C(=O)NCC(=O)O)c(C)c3cc2c1C. The molecular formula is C26H32N4O8. The number of hydrogen-bond donors (Lipinski definition) is 5. The number of aryl methyl sites for hydroxylation is 3. The minimum absolute atomic E-state index is 0.0867. The molecule has 1 aromatic carbocycles. The number of carbonyl (C=O) groups excluding carboxylic acids is 3. The average molecular weight is 529 g/mol. The van der Waals surface area contributed by atoms with Crippen LogP contribution in [0.4, 0.5) is 4.79 Å². The van der Waals surface area contributed by atoms with Gasteiger partial charge in [-0.1, -0.05) is 0 Å². The second-order valence-corrected chi connectivity index (χ2v) is 9.14. The Labute approximate surface area is 217 Å². The Morgan fingerprint density at radius 3 is 2.34 bits per heavy atom. The van der Waals surface area contributed by atoms with Crippen LogP contribution in [0.3, 0.4) is 0 Å². The van der Waals surface area contributed by atoms with Crippen molar-refractivity contribution in [2.45, 2.75) is 58.9 Å². The lowest BCUT2D eigenvalue weighted by Gasteiger charge is -2.18. The Hall–Kier alpha value is -4.35. The molecule has 2 aromatic heterocycles. The van der Waals surface area contributed by atoms with E-state index >= 15 is 0 Å². The van der Waals surface area contributed by atoms with Crippen LogP contribution in [0.1, 0.15) is 48.1 Å². The Bertz CT molecular complexity index is 1440. The van der Waals surface area contributed by atoms with Crippen molar-refractivity contribution in [3.05, 3.63) is 45.0 Å². The predicted molar refractivity (Wildman–Crippen MR) is 139 cm³/mol. The Morgan fingerprint density at radius 2 is 1.66 bits per heavy atom. The number of unbranched alkanes of at least 4 members (excludes halogenated alkanes) is 1. The third-order valence-electron chi connectivity index (χ3n) is 6.47. The molecule has 204 valence electrons. The van der Waals surface area contributed by atoms with Gasteiger partial charge in [0, 0.05) is 35.4 Å². The number of nitrogens with two attached hydrogens (primary N) is 1. The molecule has 3 rings (SSSR count). The largest absolute Gasteiger partial charge is 0.480 e. The van der Waals surface area contributed by atoms with E-state index in [2.05, 4.69) is 16.0 Å². The van der Waals surface area contributed by atoms with Crippen LogP contribution in [0.5, 0.6) is 0 Å². The highest BCUT2D eigenvalue weighted by molar-refractivity contribution is 5.97. The molecule has 0 saturated carbocycles. The number of carbonyl (C=O) groups is 4. The number of furan rings is 1. The fourth-order valence-corrected chi connectivity index (χ4v) is 4.26. The summed E-state index contributed by atoms with van der Waals surface area (Å²) in [6.45, 7) is 5.32. The van der Waals surface area contributed by atoms with Crippen LogP contribution in [-0.4, -0.2) is 48.1 Å². The number of urea groups is 1. The number of rotatable bonds is 12. The Morgan fingerprint density at radius 1 is 0.974 bits per heavy atom. The van der Waals surface area contributed by atoms with Gasteiger partial charge in [-0.05, 0) is 63.6 Å². The number of fused-ring (bicyclic) bond motifs is 2. The van der Waals surface area contributed by atoms with E-state index in [1.165, 1.54) is 0 Å². The molecule has 12 heteroatoms. The summed E-state index contributed by atoms with van der Waals surface area (Å²) in [7, 11) is 0. The summed E-state index contributed by atoms with van der Waals surface area (Å²) in [4.78, 5) is 59.5. The molecule has 12 nitrogen and oxygen atoms in total. The molecule has 0 bridgehead atoms. The van der Waals surface area contributed by atoms with E-state index in [1.54, 1.807) is 13.0 Å². The van der Waals surface area contributed by atoms with E-state index in [0.717, 1.165) is 22.1 Å². The third kappa shape index (κ3) is 6.90. The number of amides is 4. The number of primary amides is 1. The number of carboxylic acids is 1. The van der Waals surface area contributed by atoms with Crippen molar-refractivity contribution in [2.24, 2.45) is 5.73 Å². The zero-order chi connectivity index (χ0) is 28.0. The molecule has 0 aliphatic carbocycles. The molecule has 0 fully saturated rings. The summed E-state index contributed by atoms with van der Waals surface area (Å²) < 4.78 is 11.3. The summed E-state index contributed by atoms with van der Waals surface area (Å²) >= 11 is 0. The average Bonchev–Trinajstić information content (AvgIpc) is 3.12. The van der Waals surface area contributed by atoms with Gasteiger partial charge < -0.3 is 35.6 Å². The van der Waals surface area contributed by atoms with E-state index in [1.807, 2.05) is 19.9 Å². The quantitative estimate of drug-likeness (QED) is 0.174.